The Morgan fingerprint density at radius 1 is 1.24 bits per heavy atom. The highest BCUT2D eigenvalue weighted by atomic mass is 16.5. The van der Waals surface area contributed by atoms with Gasteiger partial charge in [0, 0.05) is 18.2 Å². The molecule has 0 saturated heterocycles. The van der Waals surface area contributed by atoms with Crippen molar-refractivity contribution in [3.05, 3.63) is 71.4 Å². The summed E-state index contributed by atoms with van der Waals surface area (Å²) < 4.78 is 10.7. The Hall–Kier alpha value is -3.68. The largest absolute Gasteiger partial charge is 0.485 e. The quantitative estimate of drug-likeness (QED) is 0.668. The number of rotatable bonds is 6. The van der Waals surface area contributed by atoms with Crippen LogP contribution in [0, 0.1) is 0 Å². The van der Waals surface area contributed by atoms with Crippen molar-refractivity contribution in [3.8, 4) is 5.75 Å². The first kappa shape index (κ1) is 18.7. The molecule has 1 aliphatic rings. The number of benzene rings is 2. The van der Waals surface area contributed by atoms with Gasteiger partial charge in [-0.15, -0.1) is 0 Å². The van der Waals surface area contributed by atoms with Crippen LogP contribution in [0.25, 0.3) is 0 Å². The number of ether oxygens (including phenoxy) is 1. The molecule has 0 fully saturated rings. The predicted octanol–water partition coefficient (Wildman–Crippen LogP) is 3.02. The van der Waals surface area contributed by atoms with Crippen LogP contribution in [-0.4, -0.2) is 22.0 Å². The van der Waals surface area contributed by atoms with E-state index in [1.54, 1.807) is 6.07 Å². The van der Waals surface area contributed by atoms with Gasteiger partial charge in [0.15, 0.2) is 6.61 Å². The molecule has 29 heavy (non-hydrogen) atoms. The maximum atomic E-state index is 12.3. The van der Waals surface area contributed by atoms with Gasteiger partial charge in [-0.3, -0.25) is 9.59 Å². The van der Waals surface area contributed by atoms with Crippen molar-refractivity contribution in [2.45, 2.75) is 32.4 Å². The fourth-order valence-electron chi connectivity index (χ4n) is 3.08. The van der Waals surface area contributed by atoms with Gasteiger partial charge in [0.05, 0.1) is 6.04 Å². The fourth-order valence-corrected chi connectivity index (χ4v) is 3.08. The zero-order chi connectivity index (χ0) is 20.2. The van der Waals surface area contributed by atoms with Gasteiger partial charge in [0.1, 0.15) is 5.75 Å². The molecule has 0 radical (unpaired) electrons. The molecule has 1 aliphatic heterocycles. The minimum atomic E-state index is -0.448. The SMILES string of the molecule is C[C@@H](NC(=O)c1nc(COc2ccc3c(c2)NC(=O)CC3)no1)c1ccccc1. The first-order valence-corrected chi connectivity index (χ1v) is 9.32. The van der Waals surface area contributed by atoms with Crippen LogP contribution in [0.3, 0.4) is 0 Å². The lowest BCUT2D eigenvalue weighted by atomic mass is 10.0. The van der Waals surface area contributed by atoms with Gasteiger partial charge in [-0.2, -0.15) is 4.98 Å². The number of carbonyl (C=O) groups is 2. The van der Waals surface area contributed by atoms with Crippen molar-refractivity contribution in [1.82, 2.24) is 15.5 Å². The van der Waals surface area contributed by atoms with Crippen molar-refractivity contribution >= 4 is 17.5 Å². The number of anilines is 1. The van der Waals surface area contributed by atoms with E-state index in [1.165, 1.54) is 0 Å². The van der Waals surface area contributed by atoms with Gasteiger partial charge < -0.3 is 19.9 Å². The number of carbonyl (C=O) groups excluding carboxylic acids is 2. The van der Waals surface area contributed by atoms with Crippen molar-refractivity contribution in [2.75, 3.05) is 5.32 Å². The van der Waals surface area contributed by atoms with E-state index in [1.807, 2.05) is 49.4 Å². The van der Waals surface area contributed by atoms with E-state index in [0.29, 0.717) is 18.6 Å². The Bertz CT molecular complexity index is 1030. The topological polar surface area (TPSA) is 106 Å². The van der Waals surface area contributed by atoms with E-state index in [2.05, 4.69) is 20.8 Å². The number of aryl methyl sites for hydroxylation is 1. The summed E-state index contributed by atoms with van der Waals surface area (Å²) in [7, 11) is 0. The summed E-state index contributed by atoms with van der Waals surface area (Å²) in [6, 6.07) is 14.9. The van der Waals surface area contributed by atoms with E-state index < -0.39 is 5.91 Å². The molecule has 0 saturated carbocycles. The molecule has 2 amide bonds. The van der Waals surface area contributed by atoms with Crippen LogP contribution in [0.2, 0.25) is 0 Å². The third-order valence-corrected chi connectivity index (χ3v) is 4.65. The third-order valence-electron chi connectivity index (χ3n) is 4.65. The van der Waals surface area contributed by atoms with E-state index in [4.69, 9.17) is 9.26 Å². The predicted molar refractivity (Wildman–Crippen MR) is 104 cm³/mol. The van der Waals surface area contributed by atoms with Crippen molar-refractivity contribution in [3.63, 3.8) is 0 Å². The van der Waals surface area contributed by atoms with Crippen LogP contribution < -0.4 is 15.4 Å². The molecule has 148 valence electrons. The molecule has 2 N–H and O–H groups in total. The lowest BCUT2D eigenvalue weighted by Gasteiger charge is -2.17. The van der Waals surface area contributed by atoms with Crippen molar-refractivity contribution in [1.29, 1.82) is 0 Å². The van der Waals surface area contributed by atoms with Crippen molar-refractivity contribution < 1.29 is 18.8 Å². The molecular formula is C21H20N4O4. The molecule has 0 unspecified atom stereocenters. The zero-order valence-electron chi connectivity index (χ0n) is 15.8. The van der Waals surface area contributed by atoms with E-state index in [-0.39, 0.29) is 30.3 Å². The van der Waals surface area contributed by atoms with Crippen LogP contribution in [0.1, 0.15) is 47.0 Å². The molecule has 2 aromatic carbocycles. The molecule has 4 rings (SSSR count). The Morgan fingerprint density at radius 2 is 2.07 bits per heavy atom. The minimum Gasteiger partial charge on any atom is -0.485 e. The molecule has 0 bridgehead atoms. The smallest absolute Gasteiger partial charge is 0.316 e. The van der Waals surface area contributed by atoms with Crippen LogP contribution >= 0.6 is 0 Å². The van der Waals surface area contributed by atoms with Crippen LogP contribution in [-0.2, 0) is 17.8 Å². The summed E-state index contributed by atoms with van der Waals surface area (Å²) in [5, 5.41) is 9.44. The summed E-state index contributed by atoms with van der Waals surface area (Å²) >= 11 is 0. The highest BCUT2D eigenvalue weighted by Crippen LogP contribution is 2.27. The number of hydrogen-bond donors (Lipinski definition) is 2. The fraction of sp³-hybridized carbons (Fsp3) is 0.238. The van der Waals surface area contributed by atoms with E-state index >= 15 is 0 Å². The summed E-state index contributed by atoms with van der Waals surface area (Å²) in [6.45, 7) is 1.92. The Labute approximate surface area is 167 Å². The average Bonchev–Trinajstić information content (AvgIpc) is 3.22. The zero-order valence-corrected chi connectivity index (χ0v) is 15.8. The van der Waals surface area contributed by atoms with Gasteiger partial charge in [0.2, 0.25) is 11.7 Å². The molecule has 8 nitrogen and oxygen atoms in total. The summed E-state index contributed by atoms with van der Waals surface area (Å²) in [5.41, 5.74) is 2.80. The summed E-state index contributed by atoms with van der Waals surface area (Å²) in [5.74, 6) is 0.248. The summed E-state index contributed by atoms with van der Waals surface area (Å²) in [6.07, 6.45) is 1.20. The molecule has 3 aromatic rings. The third kappa shape index (κ3) is 4.43. The molecule has 8 heteroatoms. The molecule has 0 spiro atoms. The lowest BCUT2D eigenvalue weighted by molar-refractivity contribution is -0.116. The van der Waals surface area contributed by atoms with Gasteiger partial charge >= 0.3 is 11.8 Å². The molecule has 1 aromatic heterocycles. The number of hydrogen-bond acceptors (Lipinski definition) is 6. The van der Waals surface area contributed by atoms with Gasteiger partial charge in [-0.25, -0.2) is 0 Å². The Morgan fingerprint density at radius 3 is 2.90 bits per heavy atom. The molecule has 2 heterocycles. The first-order chi connectivity index (χ1) is 14.1. The van der Waals surface area contributed by atoms with E-state index in [9.17, 15) is 9.59 Å². The minimum absolute atomic E-state index is 0.00629. The van der Waals surface area contributed by atoms with Crippen LogP contribution in [0.15, 0.2) is 53.1 Å². The monoisotopic (exact) mass is 392 g/mol. The number of fused-ring (bicyclic) bond motifs is 1. The van der Waals surface area contributed by atoms with Crippen LogP contribution in [0.5, 0.6) is 5.75 Å². The number of nitrogens with one attached hydrogen (secondary N) is 2. The molecule has 0 aliphatic carbocycles. The Kier molecular flexibility index (Phi) is 5.24. The highest BCUT2D eigenvalue weighted by molar-refractivity contribution is 5.94. The number of amides is 2. The van der Waals surface area contributed by atoms with Crippen LogP contribution in [0.4, 0.5) is 5.69 Å². The second-order valence-electron chi connectivity index (χ2n) is 6.78. The number of aromatic nitrogens is 2. The van der Waals surface area contributed by atoms with Gasteiger partial charge in [0.25, 0.3) is 0 Å². The normalized spacial score (nSPS) is 13.9. The highest BCUT2D eigenvalue weighted by Gasteiger charge is 2.19. The molecule has 1 atom stereocenters. The van der Waals surface area contributed by atoms with Crippen molar-refractivity contribution in [2.24, 2.45) is 0 Å². The van der Waals surface area contributed by atoms with Gasteiger partial charge in [-0.1, -0.05) is 41.6 Å². The summed E-state index contributed by atoms with van der Waals surface area (Å²) in [4.78, 5) is 27.9. The van der Waals surface area contributed by atoms with Gasteiger partial charge in [-0.05, 0) is 30.5 Å². The second kappa shape index (κ2) is 8.14. The first-order valence-electron chi connectivity index (χ1n) is 9.32. The second-order valence-corrected chi connectivity index (χ2v) is 6.78. The lowest BCUT2D eigenvalue weighted by Crippen LogP contribution is -2.26. The molecular weight excluding hydrogens is 372 g/mol. The van der Waals surface area contributed by atoms with E-state index in [0.717, 1.165) is 16.8 Å². The Balaban J connectivity index is 1.35. The maximum absolute atomic E-state index is 12.3. The average molecular weight is 392 g/mol. The number of nitrogens with zero attached hydrogens (tertiary/aromatic N) is 2. The standard InChI is InChI=1S/C21H20N4O4/c1-13(14-5-3-2-4-6-14)22-20(27)21-24-18(25-29-21)12-28-16-9-7-15-8-10-19(26)23-17(15)11-16/h2-7,9,11,13H,8,10,12H2,1H3,(H,22,27)(H,23,26)/t13-/m1/s1. The maximum Gasteiger partial charge on any atom is 0.316 e.